The van der Waals surface area contributed by atoms with Crippen molar-refractivity contribution in [1.29, 1.82) is 0 Å². The fourth-order valence-corrected chi connectivity index (χ4v) is 3.32. The third-order valence-corrected chi connectivity index (χ3v) is 4.77. The Bertz CT molecular complexity index is 695. The highest BCUT2D eigenvalue weighted by atomic mass is 16.6. The molecule has 0 bridgehead atoms. The molecular formula is C21H27N3O2. The molecule has 2 aromatic carbocycles. The van der Waals surface area contributed by atoms with E-state index in [4.69, 9.17) is 4.74 Å². The van der Waals surface area contributed by atoms with E-state index < -0.39 is 6.09 Å². The largest absolute Gasteiger partial charge is 0.412 e. The molecular weight excluding hydrogens is 326 g/mol. The van der Waals surface area contributed by atoms with E-state index in [0.717, 1.165) is 13.1 Å². The zero-order valence-corrected chi connectivity index (χ0v) is 15.5. The van der Waals surface area contributed by atoms with E-state index in [-0.39, 0.29) is 6.04 Å². The van der Waals surface area contributed by atoms with Crippen LogP contribution in [0.4, 0.5) is 10.5 Å². The van der Waals surface area contributed by atoms with E-state index in [1.54, 1.807) is 12.1 Å². The monoisotopic (exact) mass is 353 g/mol. The lowest BCUT2D eigenvalue weighted by Crippen LogP contribution is -2.38. The van der Waals surface area contributed by atoms with Gasteiger partial charge in [0, 0.05) is 26.3 Å². The van der Waals surface area contributed by atoms with Crippen LogP contribution in [0.2, 0.25) is 0 Å². The minimum atomic E-state index is -0.412. The lowest BCUT2D eigenvalue weighted by Gasteiger charge is -2.28. The second-order valence-electron chi connectivity index (χ2n) is 6.83. The smallest absolute Gasteiger partial charge is 0.410 e. The average Bonchev–Trinajstić information content (AvgIpc) is 3.17. The molecule has 1 saturated heterocycles. The predicted molar refractivity (Wildman–Crippen MR) is 105 cm³/mol. The summed E-state index contributed by atoms with van der Waals surface area (Å²) in [6.45, 7) is 2.66. The van der Waals surface area contributed by atoms with Crippen LogP contribution < -0.4 is 15.0 Å². The fourth-order valence-electron chi connectivity index (χ4n) is 3.32. The van der Waals surface area contributed by atoms with Gasteiger partial charge in [-0.25, -0.2) is 4.79 Å². The summed E-state index contributed by atoms with van der Waals surface area (Å²) in [6, 6.07) is 17.9. The summed E-state index contributed by atoms with van der Waals surface area (Å²) in [5, 5.41) is 2.93. The minimum Gasteiger partial charge on any atom is -0.410 e. The maximum atomic E-state index is 12.1. The van der Waals surface area contributed by atoms with E-state index in [1.807, 2.05) is 32.3 Å². The van der Waals surface area contributed by atoms with Crippen molar-refractivity contribution in [2.24, 2.45) is 0 Å². The van der Waals surface area contributed by atoms with Gasteiger partial charge in [-0.1, -0.05) is 30.3 Å². The van der Waals surface area contributed by atoms with Crippen LogP contribution in [0.15, 0.2) is 54.6 Å². The quantitative estimate of drug-likeness (QED) is 0.860. The normalized spacial score (nSPS) is 15.5. The van der Waals surface area contributed by atoms with Gasteiger partial charge in [0.25, 0.3) is 0 Å². The highest BCUT2D eigenvalue weighted by molar-refractivity contribution is 5.70. The van der Waals surface area contributed by atoms with Crippen molar-refractivity contribution in [2.45, 2.75) is 18.9 Å². The SMILES string of the molecule is CN(C)c1ccc([C@H](CNC(=O)Oc2ccccc2)N2CCCC2)cc1. The topological polar surface area (TPSA) is 44.8 Å². The maximum Gasteiger partial charge on any atom is 0.412 e. The molecule has 1 atom stereocenters. The summed E-state index contributed by atoms with van der Waals surface area (Å²) in [6.07, 6.45) is 2.01. The van der Waals surface area contributed by atoms with Crippen LogP contribution in [-0.4, -0.2) is 44.7 Å². The van der Waals surface area contributed by atoms with Gasteiger partial charge in [-0.2, -0.15) is 0 Å². The lowest BCUT2D eigenvalue weighted by atomic mass is 10.0. The number of benzene rings is 2. The number of hydrogen-bond donors (Lipinski definition) is 1. The van der Waals surface area contributed by atoms with Gasteiger partial charge >= 0.3 is 6.09 Å². The van der Waals surface area contributed by atoms with E-state index in [0.29, 0.717) is 12.3 Å². The predicted octanol–water partition coefficient (Wildman–Crippen LogP) is 3.68. The van der Waals surface area contributed by atoms with Gasteiger partial charge in [-0.05, 0) is 55.8 Å². The van der Waals surface area contributed by atoms with Crippen LogP contribution in [0.3, 0.4) is 0 Å². The van der Waals surface area contributed by atoms with Gasteiger partial charge in [0.05, 0.1) is 6.04 Å². The molecule has 0 saturated carbocycles. The highest BCUT2D eigenvalue weighted by Gasteiger charge is 2.24. The fraction of sp³-hybridized carbons (Fsp3) is 0.381. The third kappa shape index (κ3) is 4.76. The van der Waals surface area contributed by atoms with Crippen molar-refractivity contribution < 1.29 is 9.53 Å². The van der Waals surface area contributed by atoms with E-state index in [1.165, 1.54) is 24.1 Å². The van der Waals surface area contributed by atoms with Gasteiger partial charge < -0.3 is 15.0 Å². The first-order chi connectivity index (χ1) is 12.6. The standard InChI is InChI=1S/C21H27N3O2/c1-23(2)18-12-10-17(11-13-18)20(24-14-6-7-15-24)16-22-21(25)26-19-8-4-3-5-9-19/h3-5,8-13,20H,6-7,14-16H2,1-2H3,(H,22,25)/t20-/m0/s1. The molecule has 0 radical (unpaired) electrons. The van der Waals surface area contributed by atoms with E-state index >= 15 is 0 Å². The molecule has 5 nitrogen and oxygen atoms in total. The van der Waals surface area contributed by atoms with Crippen LogP contribution >= 0.6 is 0 Å². The number of hydrogen-bond acceptors (Lipinski definition) is 4. The van der Waals surface area contributed by atoms with Crippen molar-refractivity contribution in [1.82, 2.24) is 10.2 Å². The van der Waals surface area contributed by atoms with Crippen LogP contribution in [0, 0.1) is 0 Å². The molecule has 1 aliphatic heterocycles. The first-order valence-corrected chi connectivity index (χ1v) is 9.15. The number of nitrogens with one attached hydrogen (secondary N) is 1. The van der Waals surface area contributed by atoms with E-state index in [9.17, 15) is 4.79 Å². The van der Waals surface area contributed by atoms with Crippen LogP contribution in [0.25, 0.3) is 0 Å². The number of likely N-dealkylation sites (tertiary alicyclic amines) is 1. The Labute approximate surface area is 155 Å². The van der Waals surface area contributed by atoms with Crippen molar-refractivity contribution in [3.8, 4) is 5.75 Å². The molecule has 1 fully saturated rings. The Morgan fingerprint density at radius 2 is 1.73 bits per heavy atom. The Hall–Kier alpha value is -2.53. The number of rotatable bonds is 6. The highest BCUT2D eigenvalue weighted by Crippen LogP contribution is 2.26. The first-order valence-electron chi connectivity index (χ1n) is 9.15. The molecule has 0 unspecified atom stereocenters. The number of ether oxygens (including phenoxy) is 1. The van der Waals surface area contributed by atoms with Gasteiger partial charge in [-0.3, -0.25) is 4.90 Å². The van der Waals surface area contributed by atoms with Gasteiger partial charge in [0.2, 0.25) is 0 Å². The van der Waals surface area contributed by atoms with Gasteiger partial charge in [0.15, 0.2) is 0 Å². The van der Waals surface area contributed by atoms with Gasteiger partial charge in [0.1, 0.15) is 5.75 Å². The van der Waals surface area contributed by atoms with E-state index in [2.05, 4.69) is 39.4 Å². The lowest BCUT2D eigenvalue weighted by molar-refractivity contribution is 0.189. The van der Waals surface area contributed by atoms with Crippen LogP contribution in [0.5, 0.6) is 5.75 Å². The Kier molecular flexibility index (Phi) is 6.12. The summed E-state index contributed by atoms with van der Waals surface area (Å²) in [4.78, 5) is 16.7. The van der Waals surface area contributed by atoms with Crippen LogP contribution in [-0.2, 0) is 0 Å². The molecule has 0 spiro atoms. The molecule has 138 valence electrons. The maximum absolute atomic E-state index is 12.1. The summed E-state index contributed by atoms with van der Waals surface area (Å²) >= 11 is 0. The number of carbonyl (C=O) groups is 1. The molecule has 1 amide bonds. The zero-order chi connectivity index (χ0) is 18.4. The molecule has 1 N–H and O–H groups in total. The second kappa shape index (κ2) is 8.72. The Morgan fingerprint density at radius 1 is 1.08 bits per heavy atom. The first kappa shape index (κ1) is 18.3. The minimum absolute atomic E-state index is 0.164. The summed E-state index contributed by atoms with van der Waals surface area (Å²) in [7, 11) is 4.07. The number of carbonyl (C=O) groups excluding carboxylic acids is 1. The number of para-hydroxylation sites is 1. The Morgan fingerprint density at radius 3 is 2.35 bits per heavy atom. The third-order valence-electron chi connectivity index (χ3n) is 4.77. The zero-order valence-electron chi connectivity index (χ0n) is 15.5. The van der Waals surface area contributed by atoms with Crippen molar-refractivity contribution in [3.63, 3.8) is 0 Å². The summed E-state index contributed by atoms with van der Waals surface area (Å²) in [5.41, 5.74) is 2.39. The molecule has 2 aromatic rings. The summed E-state index contributed by atoms with van der Waals surface area (Å²) < 4.78 is 5.34. The molecule has 3 rings (SSSR count). The second-order valence-corrected chi connectivity index (χ2v) is 6.83. The summed E-state index contributed by atoms with van der Waals surface area (Å²) in [5.74, 6) is 0.554. The number of amides is 1. The molecule has 1 aliphatic rings. The van der Waals surface area contributed by atoms with Crippen molar-refractivity contribution in [3.05, 3.63) is 60.2 Å². The molecule has 5 heteroatoms. The molecule has 0 aromatic heterocycles. The van der Waals surface area contributed by atoms with Crippen LogP contribution in [0.1, 0.15) is 24.4 Å². The van der Waals surface area contributed by atoms with Crippen molar-refractivity contribution >= 4 is 11.8 Å². The number of nitrogens with zero attached hydrogens (tertiary/aromatic N) is 2. The average molecular weight is 353 g/mol. The Balaban J connectivity index is 1.65. The number of anilines is 1. The molecule has 26 heavy (non-hydrogen) atoms. The van der Waals surface area contributed by atoms with Crippen molar-refractivity contribution in [2.75, 3.05) is 38.6 Å². The van der Waals surface area contributed by atoms with Gasteiger partial charge in [-0.15, -0.1) is 0 Å². The molecule has 0 aliphatic carbocycles. The molecule has 1 heterocycles.